The summed E-state index contributed by atoms with van der Waals surface area (Å²) in [5, 5.41) is 34.1. The Morgan fingerprint density at radius 1 is 1.25 bits per heavy atom. The number of nitrogens with two attached hydrogens (primary N) is 1. The van der Waals surface area contributed by atoms with E-state index in [1.807, 2.05) is 0 Å². The van der Waals surface area contributed by atoms with Gasteiger partial charge in [0.15, 0.2) is 17.7 Å². The maximum Gasteiger partial charge on any atom is 0.254 e. The lowest BCUT2D eigenvalue weighted by Crippen LogP contribution is -2.33. The lowest BCUT2D eigenvalue weighted by atomic mass is 10.1. The molecule has 170 valence electrons. The molecule has 13 nitrogen and oxygen atoms in total. The van der Waals surface area contributed by atoms with Crippen LogP contribution in [0.4, 0.5) is 11.5 Å². The Labute approximate surface area is 182 Å². The Bertz CT molecular complexity index is 1130. The van der Waals surface area contributed by atoms with Gasteiger partial charge in [-0.1, -0.05) is 12.8 Å². The van der Waals surface area contributed by atoms with Crippen molar-refractivity contribution in [2.24, 2.45) is 0 Å². The Morgan fingerprint density at radius 2 is 2.03 bits per heavy atom. The summed E-state index contributed by atoms with van der Waals surface area (Å²) >= 11 is 0. The summed E-state index contributed by atoms with van der Waals surface area (Å²) in [6.07, 6.45) is 4.96. The van der Waals surface area contributed by atoms with Crippen molar-refractivity contribution in [1.82, 2.24) is 29.3 Å². The first-order valence-electron chi connectivity index (χ1n) is 10.4. The number of aromatic nitrogens is 6. The Morgan fingerprint density at radius 3 is 2.72 bits per heavy atom. The Kier molecular flexibility index (Phi) is 5.25. The lowest BCUT2D eigenvalue weighted by Gasteiger charge is -2.22. The first-order valence-corrected chi connectivity index (χ1v) is 10.4. The second kappa shape index (κ2) is 8.09. The van der Waals surface area contributed by atoms with E-state index in [-0.39, 0.29) is 23.5 Å². The third-order valence-electron chi connectivity index (χ3n) is 6.13. The molecule has 4 heterocycles. The van der Waals surface area contributed by atoms with Crippen LogP contribution in [0.5, 0.6) is 0 Å². The number of nitrogens with zero attached hydrogens (tertiary/aromatic N) is 7. The van der Waals surface area contributed by atoms with E-state index in [1.165, 1.54) is 15.6 Å². The van der Waals surface area contributed by atoms with E-state index < -0.39 is 31.1 Å². The normalized spacial score (nSPS) is 26.2. The van der Waals surface area contributed by atoms with E-state index in [0.717, 1.165) is 32.1 Å². The standard InChI is InChI=1S/C19H24N8O5/c20-16-13-17(25(8-21-13)18-15(31)14(30)12(7-28)32-18)24-19(23-16)27-6-11(5-22-27)26(9-29)10-3-1-2-4-10/h5-6,8-10,12,14-15,18,28,30-31H,1-4,7H2,(H2,20,23,24)/t12-,14-,15-,18-/m1/s1. The van der Waals surface area contributed by atoms with Crippen LogP contribution in [0.1, 0.15) is 31.9 Å². The number of imidazole rings is 1. The monoisotopic (exact) mass is 444 g/mol. The molecule has 0 aromatic carbocycles. The first kappa shape index (κ1) is 20.8. The molecule has 3 aromatic rings. The maximum atomic E-state index is 11.7. The van der Waals surface area contributed by atoms with Crippen molar-refractivity contribution in [3.63, 3.8) is 0 Å². The topological polar surface area (TPSA) is 178 Å². The SMILES string of the molecule is Nc1nc(-n2cc(N(C=O)C3CCCC3)cn2)nc2c1ncn2[C@@H]1O[C@H](CO)[C@@H](O)[C@H]1O. The highest BCUT2D eigenvalue weighted by atomic mass is 16.6. The number of carbonyl (C=O) groups excluding carboxylic acids is 1. The quantitative estimate of drug-likeness (QED) is 0.349. The number of ether oxygens (including phenoxy) is 1. The number of fused-ring (bicyclic) bond motifs is 1. The molecule has 5 rings (SSSR count). The Balaban J connectivity index is 1.50. The number of amides is 1. The molecule has 32 heavy (non-hydrogen) atoms. The van der Waals surface area contributed by atoms with Crippen molar-refractivity contribution in [2.45, 2.75) is 56.3 Å². The van der Waals surface area contributed by atoms with Crippen LogP contribution in [-0.2, 0) is 9.53 Å². The minimum atomic E-state index is -1.30. The molecule has 2 fully saturated rings. The van der Waals surface area contributed by atoms with Crippen molar-refractivity contribution >= 4 is 29.1 Å². The van der Waals surface area contributed by atoms with Crippen LogP contribution in [-0.4, -0.2) is 82.0 Å². The van der Waals surface area contributed by atoms with E-state index in [4.69, 9.17) is 10.5 Å². The molecule has 3 aromatic heterocycles. The highest BCUT2D eigenvalue weighted by molar-refractivity contribution is 5.82. The van der Waals surface area contributed by atoms with E-state index in [0.29, 0.717) is 11.2 Å². The predicted molar refractivity (Wildman–Crippen MR) is 111 cm³/mol. The number of nitrogen functional groups attached to an aromatic ring is 1. The third-order valence-corrected chi connectivity index (χ3v) is 6.13. The average molecular weight is 444 g/mol. The average Bonchev–Trinajstić information content (AvgIpc) is 3.58. The molecule has 1 saturated carbocycles. The van der Waals surface area contributed by atoms with Gasteiger partial charge in [0.05, 0.1) is 31.0 Å². The van der Waals surface area contributed by atoms with Gasteiger partial charge in [0.25, 0.3) is 5.95 Å². The minimum Gasteiger partial charge on any atom is -0.394 e. The zero-order chi connectivity index (χ0) is 22.4. The van der Waals surface area contributed by atoms with E-state index in [9.17, 15) is 20.1 Å². The molecule has 0 unspecified atom stereocenters. The van der Waals surface area contributed by atoms with Crippen molar-refractivity contribution in [1.29, 1.82) is 0 Å². The molecular weight excluding hydrogens is 420 g/mol. The minimum absolute atomic E-state index is 0.0931. The van der Waals surface area contributed by atoms with Crippen molar-refractivity contribution in [3.8, 4) is 5.95 Å². The van der Waals surface area contributed by atoms with Crippen molar-refractivity contribution in [2.75, 3.05) is 17.2 Å². The highest BCUT2D eigenvalue weighted by Crippen LogP contribution is 2.32. The zero-order valence-corrected chi connectivity index (χ0v) is 17.1. The Hall–Kier alpha value is -3.13. The van der Waals surface area contributed by atoms with E-state index in [2.05, 4.69) is 20.1 Å². The fourth-order valence-corrected chi connectivity index (χ4v) is 4.42. The summed E-state index contributed by atoms with van der Waals surface area (Å²) in [4.78, 5) is 26.3. The van der Waals surface area contributed by atoms with E-state index >= 15 is 0 Å². The van der Waals surface area contributed by atoms with Crippen LogP contribution in [0, 0.1) is 0 Å². The van der Waals surface area contributed by atoms with Gasteiger partial charge in [-0.2, -0.15) is 15.1 Å². The smallest absolute Gasteiger partial charge is 0.254 e. The van der Waals surface area contributed by atoms with Gasteiger partial charge in [-0.3, -0.25) is 9.36 Å². The summed E-state index contributed by atoms with van der Waals surface area (Å²) in [7, 11) is 0. The molecule has 0 spiro atoms. The molecule has 5 N–H and O–H groups in total. The predicted octanol–water partition coefficient (Wildman–Crippen LogP) is -0.889. The van der Waals surface area contributed by atoms with Crippen LogP contribution >= 0.6 is 0 Å². The van der Waals surface area contributed by atoms with Crippen LogP contribution in [0.2, 0.25) is 0 Å². The van der Waals surface area contributed by atoms with Crippen molar-refractivity contribution in [3.05, 3.63) is 18.7 Å². The van der Waals surface area contributed by atoms with Gasteiger partial charge in [-0.15, -0.1) is 0 Å². The number of aliphatic hydroxyl groups is 3. The molecule has 1 aliphatic heterocycles. The summed E-state index contributed by atoms with van der Waals surface area (Å²) in [6, 6.07) is 0.145. The molecule has 1 aliphatic carbocycles. The van der Waals surface area contributed by atoms with Gasteiger partial charge in [0, 0.05) is 6.04 Å². The van der Waals surface area contributed by atoms with Gasteiger partial charge in [0.2, 0.25) is 6.41 Å². The van der Waals surface area contributed by atoms with Gasteiger partial charge in [-0.25, -0.2) is 9.67 Å². The van der Waals surface area contributed by atoms with E-state index in [1.54, 1.807) is 17.3 Å². The van der Waals surface area contributed by atoms with Crippen LogP contribution < -0.4 is 10.6 Å². The number of rotatable bonds is 6. The van der Waals surface area contributed by atoms with Gasteiger partial charge in [-0.05, 0) is 12.8 Å². The molecular formula is C19H24N8O5. The molecule has 0 radical (unpaired) electrons. The molecule has 13 heteroatoms. The second-order valence-corrected chi connectivity index (χ2v) is 8.06. The van der Waals surface area contributed by atoms with Crippen LogP contribution in [0.15, 0.2) is 18.7 Å². The number of anilines is 2. The summed E-state index contributed by atoms with van der Waals surface area (Å²) in [5.74, 6) is 0.239. The zero-order valence-electron chi connectivity index (χ0n) is 17.1. The van der Waals surface area contributed by atoms with Gasteiger partial charge >= 0.3 is 0 Å². The first-order chi connectivity index (χ1) is 15.5. The maximum absolute atomic E-state index is 11.7. The number of aliphatic hydroxyl groups excluding tert-OH is 3. The fraction of sp³-hybridized carbons (Fsp3) is 0.526. The lowest BCUT2D eigenvalue weighted by molar-refractivity contribution is -0.107. The molecule has 4 atom stereocenters. The molecule has 0 bridgehead atoms. The molecule has 1 saturated heterocycles. The third kappa shape index (κ3) is 3.30. The van der Waals surface area contributed by atoms with Crippen LogP contribution in [0.25, 0.3) is 17.1 Å². The molecule has 1 amide bonds. The second-order valence-electron chi connectivity index (χ2n) is 8.06. The number of hydrogen-bond acceptors (Lipinski definition) is 10. The largest absolute Gasteiger partial charge is 0.394 e. The van der Waals surface area contributed by atoms with Gasteiger partial charge < -0.3 is 30.7 Å². The summed E-state index contributed by atoms with van der Waals surface area (Å²) in [5.41, 5.74) is 7.27. The van der Waals surface area contributed by atoms with Crippen LogP contribution in [0.3, 0.4) is 0 Å². The number of carbonyl (C=O) groups is 1. The van der Waals surface area contributed by atoms with Gasteiger partial charge in [0.1, 0.15) is 23.8 Å². The van der Waals surface area contributed by atoms with Crippen molar-refractivity contribution < 1.29 is 24.9 Å². The fourth-order valence-electron chi connectivity index (χ4n) is 4.42. The summed E-state index contributed by atoms with van der Waals surface area (Å²) in [6.45, 7) is -0.450. The summed E-state index contributed by atoms with van der Waals surface area (Å²) < 4.78 is 8.42. The molecule has 2 aliphatic rings. The highest BCUT2D eigenvalue weighted by Gasteiger charge is 2.44. The number of hydrogen-bond donors (Lipinski definition) is 4.